The molecule has 0 aliphatic carbocycles. The summed E-state index contributed by atoms with van der Waals surface area (Å²) in [6.07, 6.45) is 0.0360. The number of sulfonamides is 1. The van der Waals surface area contributed by atoms with E-state index in [1.54, 1.807) is 0 Å². The lowest BCUT2D eigenvalue weighted by molar-refractivity contribution is -0.120. The summed E-state index contributed by atoms with van der Waals surface area (Å²) < 4.78 is 37.6. The van der Waals surface area contributed by atoms with Crippen molar-refractivity contribution in [2.45, 2.75) is 24.3 Å². The zero-order chi connectivity index (χ0) is 22.1. The molecule has 9 heteroatoms. The molecule has 1 atom stereocenters. The maximum absolute atomic E-state index is 12.4. The second kappa shape index (κ2) is 10.8. The summed E-state index contributed by atoms with van der Waals surface area (Å²) in [6, 6.07) is 14.3. The van der Waals surface area contributed by atoms with Gasteiger partial charge in [0.25, 0.3) is 0 Å². The smallest absolute Gasteiger partial charge is 0.240 e. The van der Waals surface area contributed by atoms with Crippen molar-refractivity contribution < 1.29 is 22.7 Å². The van der Waals surface area contributed by atoms with Crippen LogP contribution < -0.4 is 24.4 Å². The number of ether oxygens (including phenoxy) is 2. The van der Waals surface area contributed by atoms with E-state index in [0.717, 1.165) is 5.69 Å². The number of benzene rings is 2. The van der Waals surface area contributed by atoms with Crippen molar-refractivity contribution in [2.24, 2.45) is 0 Å². The summed E-state index contributed by atoms with van der Waals surface area (Å²) in [7, 11) is 1.10. The van der Waals surface area contributed by atoms with Crippen molar-refractivity contribution in [1.29, 1.82) is 0 Å². The van der Waals surface area contributed by atoms with Crippen molar-refractivity contribution in [3.8, 4) is 11.5 Å². The number of nitrogens with zero attached hydrogens (tertiary/aromatic N) is 1. The molecule has 0 aliphatic heterocycles. The summed E-state index contributed by atoms with van der Waals surface area (Å²) in [5.74, 6) is 0.526. The van der Waals surface area contributed by atoms with E-state index in [1.807, 2.05) is 44.3 Å². The van der Waals surface area contributed by atoms with E-state index in [2.05, 4.69) is 14.9 Å². The van der Waals surface area contributed by atoms with E-state index in [4.69, 9.17) is 9.47 Å². The van der Waals surface area contributed by atoms with Gasteiger partial charge in [-0.2, -0.15) is 0 Å². The van der Waals surface area contributed by atoms with Gasteiger partial charge in [0.15, 0.2) is 11.5 Å². The van der Waals surface area contributed by atoms with E-state index < -0.39 is 10.0 Å². The minimum absolute atomic E-state index is 0.00852. The summed E-state index contributed by atoms with van der Waals surface area (Å²) in [5, 5.41) is 2.84. The van der Waals surface area contributed by atoms with E-state index in [-0.39, 0.29) is 29.8 Å². The second-order valence-electron chi connectivity index (χ2n) is 6.76. The normalized spacial score (nSPS) is 12.1. The number of carbonyl (C=O) groups excluding carboxylic acids is 1. The molecule has 1 unspecified atom stereocenters. The molecule has 0 bridgehead atoms. The van der Waals surface area contributed by atoms with Crippen molar-refractivity contribution in [1.82, 2.24) is 10.0 Å². The van der Waals surface area contributed by atoms with E-state index in [9.17, 15) is 13.2 Å². The van der Waals surface area contributed by atoms with Crippen LogP contribution in [0.25, 0.3) is 0 Å². The number of likely N-dealkylation sites (N-methyl/N-ethyl adjacent to an activating group) is 1. The minimum atomic E-state index is -3.77. The average molecular weight is 436 g/mol. The molecule has 2 aromatic carbocycles. The first-order valence-corrected chi connectivity index (χ1v) is 11.0. The minimum Gasteiger partial charge on any atom is -0.493 e. The highest BCUT2D eigenvalue weighted by atomic mass is 32.2. The number of hydrogen-bond donors (Lipinski definition) is 2. The van der Waals surface area contributed by atoms with Crippen LogP contribution in [0.3, 0.4) is 0 Å². The van der Waals surface area contributed by atoms with Gasteiger partial charge in [-0.3, -0.25) is 4.79 Å². The Labute approximate surface area is 178 Å². The van der Waals surface area contributed by atoms with Gasteiger partial charge in [0.2, 0.25) is 15.9 Å². The molecular formula is C21H29N3O5S. The van der Waals surface area contributed by atoms with Gasteiger partial charge in [-0.25, -0.2) is 13.1 Å². The number of hydrogen-bond acceptors (Lipinski definition) is 6. The van der Waals surface area contributed by atoms with Gasteiger partial charge in [-0.15, -0.1) is 0 Å². The van der Waals surface area contributed by atoms with Crippen LogP contribution in [0.5, 0.6) is 11.5 Å². The molecule has 0 aliphatic rings. The first kappa shape index (κ1) is 23.5. The van der Waals surface area contributed by atoms with Gasteiger partial charge >= 0.3 is 0 Å². The molecular weight excluding hydrogens is 406 g/mol. The molecule has 0 aromatic heterocycles. The molecule has 164 valence electrons. The third-order valence-corrected chi connectivity index (χ3v) is 6.19. The Balaban J connectivity index is 1.82. The molecule has 30 heavy (non-hydrogen) atoms. The Hall–Kier alpha value is -2.78. The second-order valence-corrected chi connectivity index (χ2v) is 8.53. The molecule has 0 fully saturated rings. The number of carbonyl (C=O) groups is 1. The highest BCUT2D eigenvalue weighted by Gasteiger charge is 2.17. The maximum Gasteiger partial charge on any atom is 0.240 e. The summed E-state index contributed by atoms with van der Waals surface area (Å²) >= 11 is 0. The number of anilines is 1. The van der Waals surface area contributed by atoms with Gasteiger partial charge in [-0.05, 0) is 31.2 Å². The fourth-order valence-corrected chi connectivity index (χ4v) is 3.82. The highest BCUT2D eigenvalue weighted by Crippen LogP contribution is 2.29. The van der Waals surface area contributed by atoms with Crippen molar-refractivity contribution >= 4 is 21.6 Å². The Morgan fingerprint density at radius 1 is 1.07 bits per heavy atom. The number of amides is 1. The van der Waals surface area contributed by atoms with Gasteiger partial charge in [-0.1, -0.05) is 18.2 Å². The molecule has 1 amide bonds. The Bertz CT molecular complexity index is 935. The zero-order valence-corrected chi connectivity index (χ0v) is 18.5. The predicted molar refractivity (Wildman–Crippen MR) is 117 cm³/mol. The Morgan fingerprint density at radius 3 is 2.37 bits per heavy atom. The Morgan fingerprint density at radius 2 is 1.73 bits per heavy atom. The van der Waals surface area contributed by atoms with Gasteiger partial charge in [0.05, 0.1) is 19.1 Å². The first-order chi connectivity index (χ1) is 14.3. The van der Waals surface area contributed by atoms with Crippen LogP contribution in [-0.4, -0.2) is 54.7 Å². The molecule has 0 radical (unpaired) electrons. The molecule has 0 spiro atoms. The molecule has 2 aromatic rings. The lowest BCUT2D eigenvalue weighted by atomic mass is 10.2. The quantitative estimate of drug-likeness (QED) is 0.561. The van der Waals surface area contributed by atoms with Crippen LogP contribution in [0.4, 0.5) is 5.69 Å². The standard InChI is InChI=1S/C21H29N3O5S/c1-16(24(2)17-8-6-5-7-9-17)15-22-21(25)12-13-23-30(26,27)18-10-11-19(28-3)20(14-18)29-4/h5-11,14,16,23H,12-13,15H2,1-4H3,(H,22,25). The van der Waals surface area contributed by atoms with Crippen LogP contribution in [0.15, 0.2) is 53.4 Å². The first-order valence-electron chi connectivity index (χ1n) is 9.54. The van der Waals surface area contributed by atoms with Crippen molar-refractivity contribution in [3.63, 3.8) is 0 Å². The van der Waals surface area contributed by atoms with E-state index >= 15 is 0 Å². The largest absolute Gasteiger partial charge is 0.493 e. The third kappa shape index (κ3) is 6.36. The number of para-hydroxylation sites is 1. The lowest BCUT2D eigenvalue weighted by Gasteiger charge is -2.27. The number of methoxy groups -OCH3 is 2. The SMILES string of the molecule is COc1ccc(S(=O)(=O)NCCC(=O)NCC(C)N(C)c2ccccc2)cc1OC. The van der Waals surface area contributed by atoms with Crippen molar-refractivity contribution in [2.75, 3.05) is 39.3 Å². The lowest BCUT2D eigenvalue weighted by Crippen LogP contribution is -2.41. The summed E-state index contributed by atoms with van der Waals surface area (Å²) in [4.78, 5) is 14.2. The third-order valence-electron chi connectivity index (χ3n) is 4.73. The van der Waals surface area contributed by atoms with Crippen LogP contribution in [0.2, 0.25) is 0 Å². The van der Waals surface area contributed by atoms with Gasteiger partial charge in [0, 0.05) is 44.4 Å². The highest BCUT2D eigenvalue weighted by molar-refractivity contribution is 7.89. The van der Waals surface area contributed by atoms with Gasteiger partial charge < -0.3 is 19.7 Å². The van der Waals surface area contributed by atoms with Crippen LogP contribution >= 0.6 is 0 Å². The van der Waals surface area contributed by atoms with Crippen molar-refractivity contribution in [3.05, 3.63) is 48.5 Å². The van der Waals surface area contributed by atoms with Crippen LogP contribution in [0, 0.1) is 0 Å². The van der Waals surface area contributed by atoms with Crippen LogP contribution in [-0.2, 0) is 14.8 Å². The number of nitrogens with one attached hydrogen (secondary N) is 2. The van der Waals surface area contributed by atoms with Gasteiger partial charge in [0.1, 0.15) is 0 Å². The van der Waals surface area contributed by atoms with E-state index in [0.29, 0.717) is 18.0 Å². The molecule has 2 rings (SSSR count). The average Bonchev–Trinajstić information content (AvgIpc) is 2.76. The fraction of sp³-hybridized carbons (Fsp3) is 0.381. The zero-order valence-electron chi connectivity index (χ0n) is 17.7. The fourth-order valence-electron chi connectivity index (χ4n) is 2.77. The monoisotopic (exact) mass is 435 g/mol. The number of rotatable bonds is 11. The maximum atomic E-state index is 12.4. The Kier molecular flexibility index (Phi) is 8.49. The summed E-state index contributed by atoms with van der Waals surface area (Å²) in [5.41, 5.74) is 1.06. The predicted octanol–water partition coefficient (Wildman–Crippen LogP) is 2.01. The summed E-state index contributed by atoms with van der Waals surface area (Å²) in [6.45, 7) is 2.45. The molecule has 0 saturated carbocycles. The molecule has 0 saturated heterocycles. The van der Waals surface area contributed by atoms with Crippen LogP contribution in [0.1, 0.15) is 13.3 Å². The topological polar surface area (TPSA) is 97.0 Å². The molecule has 0 heterocycles. The molecule has 8 nitrogen and oxygen atoms in total. The molecule has 2 N–H and O–H groups in total. The van der Waals surface area contributed by atoms with E-state index in [1.165, 1.54) is 32.4 Å².